The fourth-order valence-corrected chi connectivity index (χ4v) is 3.44. The van der Waals surface area contributed by atoms with Crippen LogP contribution in [0, 0.1) is 5.82 Å². The molecule has 0 aliphatic heterocycles. The lowest BCUT2D eigenvalue weighted by molar-refractivity contribution is -0.116. The van der Waals surface area contributed by atoms with Crippen molar-refractivity contribution in [3.05, 3.63) is 46.4 Å². The molecule has 3 aromatic rings. The Kier molecular flexibility index (Phi) is 3.75. The van der Waals surface area contributed by atoms with Gasteiger partial charge in [0.05, 0.1) is 10.2 Å². The van der Waals surface area contributed by atoms with Gasteiger partial charge in [0.25, 0.3) is 0 Å². The molecule has 0 spiro atoms. The third-order valence-corrected chi connectivity index (χ3v) is 4.65. The van der Waals surface area contributed by atoms with Gasteiger partial charge in [0.15, 0.2) is 5.13 Å². The molecular weight excluding hydrogens is 295 g/mol. The molecule has 1 amide bonds. The van der Waals surface area contributed by atoms with Crippen molar-refractivity contribution in [2.24, 2.45) is 0 Å². The fraction of sp³-hybridized carbons (Fsp3) is 0.143. The summed E-state index contributed by atoms with van der Waals surface area (Å²) in [5, 5.41) is 5.27. The molecule has 0 fully saturated rings. The van der Waals surface area contributed by atoms with Crippen LogP contribution in [0.1, 0.15) is 11.3 Å². The molecule has 0 aliphatic rings. The number of aromatic nitrogens is 1. The number of carbonyl (C=O) groups is 1. The van der Waals surface area contributed by atoms with E-state index in [2.05, 4.69) is 10.3 Å². The van der Waals surface area contributed by atoms with Crippen LogP contribution in [0.15, 0.2) is 35.7 Å². The minimum atomic E-state index is -0.295. The summed E-state index contributed by atoms with van der Waals surface area (Å²) in [4.78, 5) is 17.3. The number of thiazole rings is 1. The fourth-order valence-electron chi connectivity index (χ4n) is 1.83. The molecule has 6 heteroatoms. The van der Waals surface area contributed by atoms with Crippen LogP contribution in [-0.2, 0) is 11.2 Å². The quantitative estimate of drug-likeness (QED) is 0.789. The third kappa shape index (κ3) is 3.02. The van der Waals surface area contributed by atoms with Crippen LogP contribution in [0.25, 0.3) is 10.2 Å². The van der Waals surface area contributed by atoms with E-state index in [0.717, 1.165) is 11.1 Å². The van der Waals surface area contributed by atoms with Gasteiger partial charge in [-0.25, -0.2) is 9.37 Å². The molecule has 3 rings (SSSR count). The third-order valence-electron chi connectivity index (χ3n) is 2.78. The largest absolute Gasteiger partial charge is 0.302 e. The van der Waals surface area contributed by atoms with Crippen LogP contribution in [0.2, 0.25) is 0 Å². The number of halogens is 1. The van der Waals surface area contributed by atoms with Crippen molar-refractivity contribution in [3.8, 4) is 0 Å². The molecule has 0 saturated heterocycles. The highest BCUT2D eigenvalue weighted by atomic mass is 32.1. The average molecular weight is 306 g/mol. The minimum absolute atomic E-state index is 0.0714. The van der Waals surface area contributed by atoms with Gasteiger partial charge in [-0.2, -0.15) is 0 Å². The van der Waals surface area contributed by atoms with Crippen LogP contribution in [0.4, 0.5) is 9.52 Å². The van der Waals surface area contributed by atoms with Crippen molar-refractivity contribution < 1.29 is 9.18 Å². The predicted octanol–water partition coefficient (Wildman–Crippen LogP) is 4.07. The van der Waals surface area contributed by atoms with Gasteiger partial charge in [-0.1, -0.05) is 17.4 Å². The van der Waals surface area contributed by atoms with Crippen LogP contribution >= 0.6 is 22.7 Å². The molecule has 2 aromatic heterocycles. The predicted molar refractivity (Wildman–Crippen MR) is 80.8 cm³/mol. The molecule has 0 saturated carbocycles. The summed E-state index contributed by atoms with van der Waals surface area (Å²) in [6.07, 6.45) is 1.15. The molecule has 2 heterocycles. The summed E-state index contributed by atoms with van der Waals surface area (Å²) in [5.41, 5.74) is 0.699. The van der Waals surface area contributed by atoms with E-state index in [-0.39, 0.29) is 11.7 Å². The molecule has 1 N–H and O–H groups in total. The minimum Gasteiger partial charge on any atom is -0.302 e. The van der Waals surface area contributed by atoms with Crippen molar-refractivity contribution in [2.45, 2.75) is 12.8 Å². The number of fused-ring (bicyclic) bond motifs is 1. The number of hydrogen-bond donors (Lipinski definition) is 1. The summed E-state index contributed by atoms with van der Waals surface area (Å²) in [5.74, 6) is -0.366. The lowest BCUT2D eigenvalue weighted by Crippen LogP contribution is -2.11. The Labute approximate surface area is 123 Å². The van der Waals surface area contributed by atoms with Crippen LogP contribution in [0.3, 0.4) is 0 Å². The van der Waals surface area contributed by atoms with Gasteiger partial charge < -0.3 is 5.32 Å². The van der Waals surface area contributed by atoms with Gasteiger partial charge in [0.2, 0.25) is 5.91 Å². The normalized spacial score (nSPS) is 10.8. The van der Waals surface area contributed by atoms with Crippen LogP contribution < -0.4 is 5.32 Å². The van der Waals surface area contributed by atoms with E-state index in [1.54, 1.807) is 17.4 Å². The molecule has 3 nitrogen and oxygen atoms in total. The maximum atomic E-state index is 13.1. The van der Waals surface area contributed by atoms with E-state index in [1.807, 2.05) is 17.5 Å². The van der Waals surface area contributed by atoms with Gasteiger partial charge in [-0.05, 0) is 36.1 Å². The number of aryl methyl sites for hydroxylation is 1. The van der Waals surface area contributed by atoms with E-state index in [0.29, 0.717) is 17.1 Å². The van der Waals surface area contributed by atoms with Crippen molar-refractivity contribution in [3.63, 3.8) is 0 Å². The molecule has 0 bridgehead atoms. The van der Waals surface area contributed by atoms with E-state index < -0.39 is 0 Å². The Bertz CT molecular complexity index is 737. The van der Waals surface area contributed by atoms with Gasteiger partial charge in [-0.3, -0.25) is 4.79 Å². The molecule has 1 aromatic carbocycles. The summed E-state index contributed by atoms with van der Waals surface area (Å²) in [6, 6.07) is 8.39. The maximum Gasteiger partial charge on any atom is 0.226 e. The van der Waals surface area contributed by atoms with Gasteiger partial charge >= 0.3 is 0 Å². The maximum absolute atomic E-state index is 13.1. The monoisotopic (exact) mass is 306 g/mol. The van der Waals surface area contributed by atoms with Crippen LogP contribution in [-0.4, -0.2) is 10.9 Å². The second kappa shape index (κ2) is 5.68. The van der Waals surface area contributed by atoms with Crippen molar-refractivity contribution in [1.29, 1.82) is 0 Å². The number of thiophene rings is 1. The first-order chi connectivity index (χ1) is 9.70. The average Bonchev–Trinajstić information content (AvgIpc) is 3.04. The van der Waals surface area contributed by atoms with Crippen LogP contribution in [0.5, 0.6) is 0 Å². The van der Waals surface area contributed by atoms with E-state index in [1.165, 1.54) is 28.3 Å². The molecule has 0 radical (unpaired) electrons. The Morgan fingerprint density at radius 1 is 1.35 bits per heavy atom. The lowest BCUT2D eigenvalue weighted by atomic mass is 10.2. The van der Waals surface area contributed by atoms with Crippen molar-refractivity contribution in [2.75, 3.05) is 5.32 Å². The van der Waals surface area contributed by atoms with E-state index >= 15 is 0 Å². The number of hydrogen-bond acceptors (Lipinski definition) is 4. The first-order valence-corrected chi connectivity index (χ1v) is 7.79. The lowest BCUT2D eigenvalue weighted by Gasteiger charge is -1.99. The second-order valence-electron chi connectivity index (χ2n) is 4.26. The molecule has 0 atom stereocenters. The standard InChI is InChI=1S/C14H11FN2OS2/c15-9-3-5-11-12(8-9)20-14(16-11)17-13(18)6-4-10-2-1-7-19-10/h1-3,5,7-8H,4,6H2,(H,16,17,18). The molecule has 0 unspecified atom stereocenters. The van der Waals surface area contributed by atoms with Gasteiger partial charge in [0.1, 0.15) is 5.82 Å². The van der Waals surface area contributed by atoms with Crippen molar-refractivity contribution >= 4 is 43.9 Å². The first-order valence-electron chi connectivity index (χ1n) is 6.09. The number of nitrogens with one attached hydrogen (secondary N) is 1. The summed E-state index contributed by atoms with van der Waals surface area (Å²) in [7, 11) is 0. The zero-order chi connectivity index (χ0) is 13.9. The molecule has 0 aliphatic carbocycles. The Balaban J connectivity index is 1.65. The number of anilines is 1. The summed E-state index contributed by atoms with van der Waals surface area (Å²) >= 11 is 2.92. The van der Waals surface area contributed by atoms with E-state index in [9.17, 15) is 9.18 Å². The molecular formula is C14H11FN2OS2. The highest BCUT2D eigenvalue weighted by Crippen LogP contribution is 2.26. The number of nitrogens with zero attached hydrogens (tertiary/aromatic N) is 1. The van der Waals surface area contributed by atoms with E-state index in [4.69, 9.17) is 0 Å². The highest BCUT2D eigenvalue weighted by Gasteiger charge is 2.09. The Morgan fingerprint density at radius 3 is 3.05 bits per heavy atom. The number of carbonyl (C=O) groups excluding carboxylic acids is 1. The smallest absolute Gasteiger partial charge is 0.226 e. The highest BCUT2D eigenvalue weighted by molar-refractivity contribution is 7.22. The SMILES string of the molecule is O=C(CCc1cccs1)Nc1nc2ccc(F)cc2s1. The Hall–Kier alpha value is -1.79. The zero-order valence-corrected chi connectivity index (χ0v) is 12.1. The second-order valence-corrected chi connectivity index (χ2v) is 6.32. The zero-order valence-electron chi connectivity index (χ0n) is 10.4. The number of amides is 1. The Morgan fingerprint density at radius 2 is 2.25 bits per heavy atom. The van der Waals surface area contributed by atoms with Crippen molar-refractivity contribution in [1.82, 2.24) is 4.98 Å². The number of rotatable bonds is 4. The molecule has 102 valence electrons. The molecule has 20 heavy (non-hydrogen) atoms. The first kappa shape index (κ1) is 13.2. The van der Waals surface area contributed by atoms with Gasteiger partial charge in [0, 0.05) is 11.3 Å². The number of benzene rings is 1. The summed E-state index contributed by atoms with van der Waals surface area (Å²) in [6.45, 7) is 0. The topological polar surface area (TPSA) is 42.0 Å². The van der Waals surface area contributed by atoms with Gasteiger partial charge in [-0.15, -0.1) is 11.3 Å². The summed E-state index contributed by atoms with van der Waals surface area (Å²) < 4.78 is 13.8.